The molecule has 20 heavy (non-hydrogen) atoms. The highest BCUT2D eigenvalue weighted by atomic mass is 15.1. The monoisotopic (exact) mass is 275 g/mol. The van der Waals surface area contributed by atoms with Gasteiger partial charge in [0.15, 0.2) is 0 Å². The highest BCUT2D eigenvalue weighted by Crippen LogP contribution is 2.38. The van der Waals surface area contributed by atoms with Gasteiger partial charge in [-0.25, -0.2) is 0 Å². The summed E-state index contributed by atoms with van der Waals surface area (Å²) in [7, 11) is 2.20. The second-order valence-corrected chi connectivity index (χ2v) is 7.38. The van der Waals surface area contributed by atoms with Gasteiger partial charge in [0.25, 0.3) is 0 Å². The average Bonchev–Trinajstić information content (AvgIpc) is 2.39. The Morgan fingerprint density at radius 3 is 2.70 bits per heavy atom. The molecule has 0 spiro atoms. The van der Waals surface area contributed by atoms with Crippen molar-refractivity contribution in [1.29, 1.82) is 0 Å². The quantitative estimate of drug-likeness (QED) is 0.922. The molecule has 1 saturated carbocycles. The van der Waals surface area contributed by atoms with Crippen molar-refractivity contribution in [3.05, 3.63) is 30.1 Å². The number of rotatable bonds is 3. The summed E-state index contributed by atoms with van der Waals surface area (Å²) in [6.45, 7) is 8.00. The first-order valence-electron chi connectivity index (χ1n) is 7.72. The van der Waals surface area contributed by atoms with Gasteiger partial charge in [-0.2, -0.15) is 0 Å². The van der Waals surface area contributed by atoms with E-state index in [-0.39, 0.29) is 0 Å². The number of nitrogens with zero attached hydrogens (tertiary/aromatic N) is 2. The minimum absolute atomic E-state index is 0.301. The first-order valence-corrected chi connectivity index (χ1v) is 7.72. The van der Waals surface area contributed by atoms with Gasteiger partial charge >= 0.3 is 0 Å². The Bertz CT molecular complexity index is 410. The van der Waals surface area contributed by atoms with E-state index in [9.17, 15) is 0 Å². The van der Waals surface area contributed by atoms with Crippen molar-refractivity contribution in [2.24, 2.45) is 17.1 Å². The van der Waals surface area contributed by atoms with Crippen LogP contribution in [0.5, 0.6) is 0 Å². The zero-order valence-electron chi connectivity index (χ0n) is 13.3. The van der Waals surface area contributed by atoms with Gasteiger partial charge in [-0.05, 0) is 49.3 Å². The standard InChI is InChI=1S/C17H29N3/c1-17(2,3)14-7-8-15(18)16(10-14)20(4)12-13-6-5-9-19-11-13/h5-6,9,11,14-16H,7-8,10,12,18H2,1-4H3. The molecule has 1 aliphatic rings. The van der Waals surface area contributed by atoms with Gasteiger partial charge in [0, 0.05) is 31.0 Å². The summed E-state index contributed by atoms with van der Waals surface area (Å²) in [5.41, 5.74) is 8.03. The maximum Gasteiger partial charge on any atom is 0.0312 e. The van der Waals surface area contributed by atoms with E-state index in [2.05, 4.69) is 43.8 Å². The Morgan fingerprint density at radius 1 is 1.35 bits per heavy atom. The summed E-state index contributed by atoms with van der Waals surface area (Å²) >= 11 is 0. The lowest BCUT2D eigenvalue weighted by Gasteiger charge is -2.44. The van der Waals surface area contributed by atoms with E-state index in [0.29, 0.717) is 17.5 Å². The van der Waals surface area contributed by atoms with Crippen LogP contribution in [-0.4, -0.2) is 29.0 Å². The molecule has 0 bridgehead atoms. The lowest BCUT2D eigenvalue weighted by atomic mass is 9.69. The average molecular weight is 275 g/mol. The largest absolute Gasteiger partial charge is 0.326 e. The third-order valence-electron chi connectivity index (χ3n) is 4.81. The zero-order chi connectivity index (χ0) is 14.8. The molecule has 0 saturated heterocycles. The minimum Gasteiger partial charge on any atom is -0.326 e. The number of aromatic nitrogens is 1. The maximum atomic E-state index is 6.38. The van der Waals surface area contributed by atoms with Crippen molar-refractivity contribution in [2.75, 3.05) is 7.05 Å². The summed E-state index contributed by atoms with van der Waals surface area (Å²) in [6, 6.07) is 4.92. The lowest BCUT2D eigenvalue weighted by Crippen LogP contribution is -2.51. The Labute approximate surface area is 123 Å². The molecule has 1 fully saturated rings. The first kappa shape index (κ1) is 15.5. The van der Waals surface area contributed by atoms with Gasteiger partial charge in [0.05, 0.1) is 0 Å². The fourth-order valence-corrected chi connectivity index (χ4v) is 3.36. The normalized spacial score (nSPS) is 27.8. The molecule has 3 nitrogen and oxygen atoms in total. The molecular weight excluding hydrogens is 246 g/mol. The van der Waals surface area contributed by atoms with Crippen LogP contribution in [-0.2, 0) is 6.54 Å². The van der Waals surface area contributed by atoms with Crippen molar-refractivity contribution in [2.45, 2.75) is 58.7 Å². The van der Waals surface area contributed by atoms with E-state index in [1.54, 1.807) is 0 Å². The van der Waals surface area contributed by atoms with Crippen LogP contribution >= 0.6 is 0 Å². The smallest absolute Gasteiger partial charge is 0.0312 e. The number of pyridine rings is 1. The molecule has 0 aromatic carbocycles. The van der Waals surface area contributed by atoms with E-state index < -0.39 is 0 Å². The fraction of sp³-hybridized carbons (Fsp3) is 0.706. The SMILES string of the molecule is CN(Cc1cccnc1)C1CC(C(C)(C)C)CCC1N. The number of hydrogen-bond donors (Lipinski definition) is 1. The minimum atomic E-state index is 0.301. The Kier molecular flexibility index (Phi) is 4.82. The molecule has 3 heteroatoms. The molecule has 3 unspecified atom stereocenters. The molecule has 1 aromatic heterocycles. The Balaban J connectivity index is 2.02. The molecule has 2 rings (SSSR count). The summed E-state index contributed by atoms with van der Waals surface area (Å²) in [4.78, 5) is 6.61. The van der Waals surface area contributed by atoms with Crippen LogP contribution in [0.2, 0.25) is 0 Å². The number of nitrogens with two attached hydrogens (primary N) is 1. The summed E-state index contributed by atoms with van der Waals surface area (Å²) in [5, 5.41) is 0. The van der Waals surface area contributed by atoms with Crippen molar-refractivity contribution >= 4 is 0 Å². The lowest BCUT2D eigenvalue weighted by molar-refractivity contribution is 0.0805. The number of hydrogen-bond acceptors (Lipinski definition) is 3. The van der Waals surface area contributed by atoms with Gasteiger partial charge in [-0.15, -0.1) is 0 Å². The first-order chi connectivity index (χ1) is 9.38. The third-order valence-corrected chi connectivity index (χ3v) is 4.81. The molecule has 0 radical (unpaired) electrons. The molecule has 0 amide bonds. The molecular formula is C17H29N3. The third kappa shape index (κ3) is 3.80. The van der Waals surface area contributed by atoms with Crippen LogP contribution in [0.1, 0.15) is 45.6 Å². The highest BCUT2D eigenvalue weighted by molar-refractivity contribution is 5.08. The summed E-state index contributed by atoms with van der Waals surface area (Å²) in [6.07, 6.45) is 7.39. The maximum absolute atomic E-state index is 6.38. The predicted octanol–water partition coefficient (Wildman–Crippen LogP) is 3.06. The van der Waals surface area contributed by atoms with Crippen LogP contribution in [0, 0.1) is 11.3 Å². The van der Waals surface area contributed by atoms with Crippen molar-refractivity contribution in [3.8, 4) is 0 Å². The molecule has 112 valence electrons. The molecule has 1 heterocycles. The highest BCUT2D eigenvalue weighted by Gasteiger charge is 2.36. The van der Waals surface area contributed by atoms with E-state index >= 15 is 0 Å². The van der Waals surface area contributed by atoms with E-state index in [1.807, 2.05) is 18.5 Å². The van der Waals surface area contributed by atoms with Crippen molar-refractivity contribution in [3.63, 3.8) is 0 Å². The Hall–Kier alpha value is -0.930. The second kappa shape index (κ2) is 6.23. The molecule has 1 aromatic rings. The Morgan fingerprint density at radius 2 is 2.10 bits per heavy atom. The number of likely N-dealkylation sites (N-methyl/N-ethyl adjacent to an activating group) is 1. The predicted molar refractivity (Wildman–Crippen MR) is 84.3 cm³/mol. The van der Waals surface area contributed by atoms with Crippen molar-refractivity contribution < 1.29 is 0 Å². The second-order valence-electron chi connectivity index (χ2n) is 7.38. The van der Waals surface area contributed by atoms with Gasteiger partial charge in [0.2, 0.25) is 0 Å². The van der Waals surface area contributed by atoms with Crippen LogP contribution in [0.15, 0.2) is 24.5 Å². The summed E-state index contributed by atoms with van der Waals surface area (Å²) in [5.74, 6) is 0.767. The van der Waals surface area contributed by atoms with E-state index in [4.69, 9.17) is 5.73 Å². The summed E-state index contributed by atoms with van der Waals surface area (Å²) < 4.78 is 0. The molecule has 0 aliphatic heterocycles. The van der Waals surface area contributed by atoms with Gasteiger partial charge in [-0.1, -0.05) is 26.8 Å². The van der Waals surface area contributed by atoms with E-state index in [0.717, 1.165) is 18.9 Å². The molecule has 3 atom stereocenters. The van der Waals surface area contributed by atoms with Crippen LogP contribution in [0.4, 0.5) is 0 Å². The fourth-order valence-electron chi connectivity index (χ4n) is 3.36. The van der Waals surface area contributed by atoms with Gasteiger partial charge in [-0.3, -0.25) is 9.88 Å². The van der Waals surface area contributed by atoms with Gasteiger partial charge < -0.3 is 5.73 Å². The van der Waals surface area contributed by atoms with E-state index in [1.165, 1.54) is 18.4 Å². The van der Waals surface area contributed by atoms with Crippen molar-refractivity contribution in [1.82, 2.24) is 9.88 Å². The topological polar surface area (TPSA) is 42.2 Å². The van der Waals surface area contributed by atoms with Gasteiger partial charge in [0.1, 0.15) is 0 Å². The van der Waals surface area contributed by atoms with Crippen LogP contribution in [0.25, 0.3) is 0 Å². The molecule has 1 aliphatic carbocycles. The van der Waals surface area contributed by atoms with Crippen LogP contribution < -0.4 is 5.73 Å². The van der Waals surface area contributed by atoms with Crippen LogP contribution in [0.3, 0.4) is 0 Å². The molecule has 2 N–H and O–H groups in total. The zero-order valence-corrected chi connectivity index (χ0v) is 13.3.